The summed E-state index contributed by atoms with van der Waals surface area (Å²) in [6, 6.07) is 18.6. The molecule has 1 heterocycles. The van der Waals surface area contributed by atoms with E-state index in [1.54, 1.807) is 0 Å². The zero-order valence-electron chi connectivity index (χ0n) is 11.8. The Kier molecular flexibility index (Phi) is 3.22. The molecular formula is C16H15N3O. The minimum atomic E-state index is -0.399. The topological polar surface area (TPSA) is 50.9 Å². The minimum Gasteiger partial charge on any atom is -0.394 e. The number of aromatic nitrogens is 3. The summed E-state index contributed by atoms with van der Waals surface area (Å²) in [7, 11) is 0. The highest BCUT2D eigenvalue weighted by molar-refractivity contribution is 5.57. The molecule has 0 spiro atoms. The van der Waals surface area contributed by atoms with Crippen molar-refractivity contribution in [3.63, 3.8) is 0 Å². The SMILES string of the molecule is [2H]c1c(-c2ccccc2)nnn1C(CO)c1ccccc1. The van der Waals surface area contributed by atoms with Crippen LogP contribution in [-0.2, 0) is 0 Å². The number of benzene rings is 2. The van der Waals surface area contributed by atoms with Gasteiger partial charge in [0.25, 0.3) is 0 Å². The van der Waals surface area contributed by atoms with Crippen LogP contribution in [0.25, 0.3) is 11.3 Å². The van der Waals surface area contributed by atoms with Crippen LogP contribution in [0, 0.1) is 0 Å². The van der Waals surface area contributed by atoms with E-state index in [2.05, 4.69) is 10.3 Å². The number of hydrogen-bond acceptors (Lipinski definition) is 3. The van der Waals surface area contributed by atoms with Gasteiger partial charge in [0.1, 0.15) is 11.7 Å². The first-order valence-corrected chi connectivity index (χ1v) is 6.44. The molecule has 4 heteroatoms. The molecule has 0 aliphatic rings. The van der Waals surface area contributed by atoms with Crippen LogP contribution in [0.5, 0.6) is 0 Å². The van der Waals surface area contributed by atoms with E-state index in [1.807, 2.05) is 60.7 Å². The predicted octanol–water partition coefficient (Wildman–Crippen LogP) is 2.53. The van der Waals surface area contributed by atoms with Crippen molar-refractivity contribution in [3.05, 3.63) is 72.4 Å². The van der Waals surface area contributed by atoms with E-state index in [0.29, 0.717) is 5.69 Å². The average molecular weight is 266 g/mol. The molecule has 0 fully saturated rings. The van der Waals surface area contributed by atoms with E-state index in [9.17, 15) is 5.11 Å². The minimum absolute atomic E-state index is 0.131. The molecule has 0 bridgehead atoms. The highest BCUT2D eigenvalue weighted by Crippen LogP contribution is 2.20. The Bertz CT molecular complexity index is 713. The van der Waals surface area contributed by atoms with Gasteiger partial charge in [-0.25, -0.2) is 4.68 Å². The second-order valence-electron chi connectivity index (χ2n) is 4.47. The van der Waals surface area contributed by atoms with Gasteiger partial charge in [-0.15, -0.1) is 5.10 Å². The van der Waals surface area contributed by atoms with Gasteiger partial charge in [-0.05, 0) is 5.56 Å². The van der Waals surface area contributed by atoms with Gasteiger partial charge in [-0.1, -0.05) is 65.9 Å². The summed E-state index contributed by atoms with van der Waals surface area (Å²) in [6.45, 7) is -0.131. The van der Waals surface area contributed by atoms with Crippen molar-refractivity contribution >= 4 is 0 Å². The van der Waals surface area contributed by atoms with Gasteiger partial charge in [0, 0.05) is 5.56 Å². The number of hydrogen-bond donors (Lipinski definition) is 1. The Morgan fingerprint density at radius 1 is 1.05 bits per heavy atom. The fourth-order valence-electron chi connectivity index (χ4n) is 2.10. The Morgan fingerprint density at radius 3 is 2.35 bits per heavy atom. The second kappa shape index (κ2) is 5.67. The van der Waals surface area contributed by atoms with E-state index in [0.717, 1.165) is 11.1 Å². The highest BCUT2D eigenvalue weighted by atomic mass is 16.3. The van der Waals surface area contributed by atoms with Crippen LogP contribution in [0.1, 0.15) is 13.0 Å². The van der Waals surface area contributed by atoms with Gasteiger partial charge in [0.05, 0.1) is 14.2 Å². The highest BCUT2D eigenvalue weighted by Gasteiger charge is 2.14. The second-order valence-corrected chi connectivity index (χ2v) is 4.47. The molecule has 0 saturated carbocycles. The van der Waals surface area contributed by atoms with Crippen molar-refractivity contribution in [2.24, 2.45) is 0 Å². The third-order valence-corrected chi connectivity index (χ3v) is 3.16. The maximum absolute atomic E-state index is 9.67. The molecule has 100 valence electrons. The van der Waals surface area contributed by atoms with Crippen LogP contribution in [0.3, 0.4) is 0 Å². The fraction of sp³-hybridized carbons (Fsp3) is 0.125. The fourth-order valence-corrected chi connectivity index (χ4v) is 2.10. The van der Waals surface area contributed by atoms with Crippen LogP contribution in [0.15, 0.2) is 66.8 Å². The lowest BCUT2D eigenvalue weighted by Crippen LogP contribution is -2.15. The van der Waals surface area contributed by atoms with Crippen LogP contribution >= 0.6 is 0 Å². The molecule has 2 aromatic carbocycles. The summed E-state index contributed by atoms with van der Waals surface area (Å²) in [6.07, 6.45) is 0.198. The number of nitrogens with zero attached hydrogens (tertiary/aromatic N) is 3. The molecule has 0 radical (unpaired) electrons. The Hall–Kier alpha value is -2.46. The molecule has 0 amide bonds. The molecule has 1 unspecified atom stereocenters. The molecule has 0 aliphatic heterocycles. The number of aliphatic hydroxyl groups is 1. The van der Waals surface area contributed by atoms with Gasteiger partial charge in [0.15, 0.2) is 0 Å². The Morgan fingerprint density at radius 2 is 1.70 bits per heavy atom. The van der Waals surface area contributed by atoms with Gasteiger partial charge >= 0.3 is 0 Å². The summed E-state index contributed by atoms with van der Waals surface area (Å²) in [5.41, 5.74) is 2.27. The van der Waals surface area contributed by atoms with Crippen LogP contribution < -0.4 is 0 Å². The first-order chi connectivity index (χ1) is 10.3. The summed E-state index contributed by atoms with van der Waals surface area (Å²) >= 11 is 0. The molecule has 3 aromatic rings. The van der Waals surface area contributed by atoms with E-state index in [-0.39, 0.29) is 12.8 Å². The molecule has 20 heavy (non-hydrogen) atoms. The first kappa shape index (κ1) is 11.4. The van der Waals surface area contributed by atoms with E-state index < -0.39 is 6.04 Å². The zero-order valence-corrected chi connectivity index (χ0v) is 10.8. The van der Waals surface area contributed by atoms with Crippen LogP contribution in [0.4, 0.5) is 0 Å². The first-order valence-electron chi connectivity index (χ1n) is 6.94. The van der Waals surface area contributed by atoms with Crippen LogP contribution in [-0.4, -0.2) is 26.7 Å². The molecule has 1 aromatic heterocycles. The molecule has 0 saturated heterocycles. The molecule has 0 aliphatic carbocycles. The van der Waals surface area contributed by atoms with Gasteiger partial charge in [-0.2, -0.15) is 0 Å². The molecular weight excluding hydrogens is 250 g/mol. The lowest BCUT2D eigenvalue weighted by Gasteiger charge is -2.13. The number of aliphatic hydroxyl groups excluding tert-OH is 1. The maximum atomic E-state index is 9.67. The van der Waals surface area contributed by atoms with Crippen molar-refractivity contribution in [2.75, 3.05) is 6.61 Å². The Balaban J connectivity index is 2.02. The van der Waals surface area contributed by atoms with Gasteiger partial charge < -0.3 is 5.11 Å². The molecule has 1 atom stereocenters. The molecule has 1 N–H and O–H groups in total. The van der Waals surface area contributed by atoms with E-state index >= 15 is 0 Å². The van der Waals surface area contributed by atoms with Crippen molar-refractivity contribution in [1.82, 2.24) is 15.0 Å². The summed E-state index contributed by atoms with van der Waals surface area (Å²) in [5.74, 6) is 0. The largest absolute Gasteiger partial charge is 0.394 e. The summed E-state index contributed by atoms with van der Waals surface area (Å²) in [4.78, 5) is 0. The lowest BCUT2D eigenvalue weighted by molar-refractivity contribution is 0.239. The lowest BCUT2D eigenvalue weighted by atomic mass is 10.1. The number of rotatable bonds is 4. The van der Waals surface area contributed by atoms with E-state index in [4.69, 9.17) is 1.37 Å². The molecule has 3 rings (SSSR count). The smallest absolute Gasteiger partial charge is 0.113 e. The summed E-state index contributed by atoms with van der Waals surface area (Å²) < 4.78 is 9.73. The predicted molar refractivity (Wildman–Crippen MR) is 77.1 cm³/mol. The van der Waals surface area contributed by atoms with Crippen molar-refractivity contribution < 1.29 is 6.48 Å². The monoisotopic (exact) mass is 266 g/mol. The molecule has 4 nitrogen and oxygen atoms in total. The third kappa shape index (κ3) is 2.46. The van der Waals surface area contributed by atoms with E-state index in [1.165, 1.54) is 4.68 Å². The maximum Gasteiger partial charge on any atom is 0.113 e. The summed E-state index contributed by atoms with van der Waals surface area (Å²) in [5, 5.41) is 17.8. The van der Waals surface area contributed by atoms with Crippen LogP contribution in [0.2, 0.25) is 0 Å². The van der Waals surface area contributed by atoms with Gasteiger partial charge in [-0.3, -0.25) is 0 Å². The zero-order chi connectivity index (χ0) is 14.7. The third-order valence-electron chi connectivity index (χ3n) is 3.16. The normalized spacial score (nSPS) is 12.9. The van der Waals surface area contributed by atoms with Crippen molar-refractivity contribution in [2.45, 2.75) is 6.04 Å². The quantitative estimate of drug-likeness (QED) is 0.789. The van der Waals surface area contributed by atoms with Crippen molar-refractivity contribution in [3.8, 4) is 11.3 Å². The average Bonchev–Trinajstić information content (AvgIpc) is 2.92. The van der Waals surface area contributed by atoms with Gasteiger partial charge in [0.2, 0.25) is 0 Å². The van der Waals surface area contributed by atoms with Crippen molar-refractivity contribution in [1.29, 1.82) is 0 Å². The Labute approximate surface area is 118 Å². The standard InChI is InChI=1S/C16H15N3O/c20-12-16(14-9-5-2-6-10-14)19-11-15(17-18-19)13-7-3-1-4-8-13/h1-11,16,20H,12H2/i11D.